The standard InChI is InChI=1S/C45H68O16/c1-10-12-36(48)59-35-24-32-21-29(47)22-40(52)58-34(26(3)46)23-31-19-28(20-39(51)55-9)41(60-37(49)13-11-2)42(57-31)43(4,5)15-14-30-16-27(18-38(50)54-8)17-33(56-30)25-45(53,61-32)44(35,6)7/h14-15,18,20,26,29-35,41-42,46-47,53H,10-13,16-17,19,21-25H2,1-9H3. The normalized spacial score (nSPS) is 35.0. The number of methoxy groups -OCH3 is 2. The van der Waals surface area contributed by atoms with Gasteiger partial charge >= 0.3 is 29.8 Å². The number of carbonyl (C=O) groups excluding carboxylic acids is 5. The summed E-state index contributed by atoms with van der Waals surface area (Å²) in [7, 11) is 2.51. The second kappa shape index (κ2) is 21.6. The quantitative estimate of drug-likeness (QED) is 0.125. The zero-order valence-corrected chi connectivity index (χ0v) is 37.2. The summed E-state index contributed by atoms with van der Waals surface area (Å²) in [6.07, 6.45) is -1.94. The SMILES string of the molecule is CCCC(=O)OC1C(=CC(=O)OC)CC2CC(C(C)O)OC(=O)CC(O)CC3CC(OC(=O)CCC)C(C)(C)C(O)(CC4CC(=CC(=O)OC)CC(C=CC(C)(C)C1O2)O4)O3. The number of rotatable bonds is 9. The van der Waals surface area contributed by atoms with Crippen LogP contribution in [-0.4, -0.2) is 126 Å². The number of hydrogen-bond acceptors (Lipinski definition) is 16. The van der Waals surface area contributed by atoms with E-state index in [1.165, 1.54) is 33.3 Å². The van der Waals surface area contributed by atoms with Crippen molar-refractivity contribution in [3.63, 3.8) is 0 Å². The number of cyclic esters (lactones) is 1. The molecule has 3 saturated heterocycles. The first kappa shape index (κ1) is 50.0. The van der Waals surface area contributed by atoms with Gasteiger partial charge in [-0.3, -0.25) is 14.4 Å². The molecule has 4 aliphatic heterocycles. The lowest BCUT2D eigenvalue weighted by Crippen LogP contribution is -2.62. The van der Waals surface area contributed by atoms with Crippen molar-refractivity contribution in [2.24, 2.45) is 10.8 Å². The van der Waals surface area contributed by atoms with Crippen LogP contribution in [0.4, 0.5) is 0 Å². The average Bonchev–Trinajstić information content (AvgIpc) is 3.16. The lowest BCUT2D eigenvalue weighted by atomic mass is 9.70. The minimum atomic E-state index is -2.00. The summed E-state index contributed by atoms with van der Waals surface area (Å²) < 4.78 is 47.5. The van der Waals surface area contributed by atoms with Crippen molar-refractivity contribution < 1.29 is 77.2 Å². The van der Waals surface area contributed by atoms with E-state index in [0.29, 0.717) is 24.0 Å². The Morgan fingerprint density at radius 1 is 0.852 bits per heavy atom. The van der Waals surface area contributed by atoms with Gasteiger partial charge < -0.3 is 53.2 Å². The fourth-order valence-electron chi connectivity index (χ4n) is 8.54. The van der Waals surface area contributed by atoms with E-state index in [1.807, 2.05) is 39.8 Å². The van der Waals surface area contributed by atoms with E-state index >= 15 is 0 Å². The summed E-state index contributed by atoms with van der Waals surface area (Å²) >= 11 is 0. The Labute approximate surface area is 359 Å². The van der Waals surface area contributed by atoms with Crippen LogP contribution in [-0.2, 0) is 61.9 Å². The van der Waals surface area contributed by atoms with Crippen LogP contribution in [0.5, 0.6) is 0 Å². The minimum absolute atomic E-state index is 0.0301. The summed E-state index contributed by atoms with van der Waals surface area (Å²) in [6, 6.07) is 0. The highest BCUT2D eigenvalue weighted by atomic mass is 16.6. The Hall–Kier alpha value is -3.67. The fourth-order valence-corrected chi connectivity index (χ4v) is 8.54. The highest BCUT2D eigenvalue weighted by Crippen LogP contribution is 2.49. The van der Waals surface area contributed by atoms with E-state index in [4.69, 9.17) is 37.9 Å². The van der Waals surface area contributed by atoms with E-state index in [2.05, 4.69) is 0 Å². The van der Waals surface area contributed by atoms with Crippen LogP contribution in [0.25, 0.3) is 0 Å². The van der Waals surface area contributed by atoms with Gasteiger partial charge in [0.15, 0.2) is 11.9 Å². The lowest BCUT2D eigenvalue weighted by Gasteiger charge is -2.53. The van der Waals surface area contributed by atoms with Gasteiger partial charge in [0.25, 0.3) is 0 Å². The van der Waals surface area contributed by atoms with Crippen molar-refractivity contribution in [2.45, 2.75) is 192 Å². The zero-order chi connectivity index (χ0) is 45.3. The van der Waals surface area contributed by atoms with Crippen molar-refractivity contribution in [2.75, 3.05) is 14.2 Å². The lowest BCUT2D eigenvalue weighted by molar-refractivity contribution is -0.348. The number of carbonyl (C=O) groups is 5. The van der Waals surface area contributed by atoms with Gasteiger partial charge in [-0.15, -0.1) is 0 Å². The van der Waals surface area contributed by atoms with E-state index in [-0.39, 0.29) is 57.8 Å². The van der Waals surface area contributed by atoms with Gasteiger partial charge in [-0.2, -0.15) is 0 Å². The van der Waals surface area contributed by atoms with Crippen LogP contribution < -0.4 is 0 Å². The van der Waals surface area contributed by atoms with Gasteiger partial charge in [0.05, 0.1) is 62.7 Å². The van der Waals surface area contributed by atoms with Gasteiger partial charge in [0.1, 0.15) is 18.3 Å². The topological polar surface area (TPSA) is 220 Å². The van der Waals surface area contributed by atoms with E-state index in [0.717, 1.165) is 0 Å². The predicted molar refractivity (Wildman–Crippen MR) is 218 cm³/mol. The maximum absolute atomic E-state index is 13.4. The molecule has 4 rings (SSSR count). The molecular weight excluding hydrogens is 796 g/mol. The molecule has 4 aliphatic rings. The fraction of sp³-hybridized carbons (Fsp3) is 0.756. The van der Waals surface area contributed by atoms with Gasteiger partial charge in [-0.25, -0.2) is 9.59 Å². The second-order valence-electron chi connectivity index (χ2n) is 18.0. The van der Waals surface area contributed by atoms with Gasteiger partial charge in [0.2, 0.25) is 0 Å². The van der Waals surface area contributed by atoms with Crippen LogP contribution in [0.1, 0.15) is 126 Å². The van der Waals surface area contributed by atoms with Crippen LogP contribution in [0.3, 0.4) is 0 Å². The zero-order valence-electron chi connectivity index (χ0n) is 37.2. The Balaban J connectivity index is 1.85. The maximum atomic E-state index is 13.4. The molecule has 4 heterocycles. The smallest absolute Gasteiger partial charge is 0.330 e. The highest BCUT2D eigenvalue weighted by molar-refractivity contribution is 5.83. The van der Waals surface area contributed by atoms with Gasteiger partial charge in [-0.1, -0.05) is 59.3 Å². The second-order valence-corrected chi connectivity index (χ2v) is 18.0. The Morgan fingerprint density at radius 2 is 1.49 bits per heavy atom. The van der Waals surface area contributed by atoms with Crippen LogP contribution in [0.2, 0.25) is 0 Å². The minimum Gasteiger partial charge on any atom is -0.466 e. The van der Waals surface area contributed by atoms with Crippen LogP contribution in [0.15, 0.2) is 35.5 Å². The molecule has 0 saturated carbocycles. The Bertz CT molecular complexity index is 1650. The van der Waals surface area contributed by atoms with Crippen molar-refractivity contribution in [3.8, 4) is 0 Å². The summed E-state index contributed by atoms with van der Waals surface area (Å²) in [5.41, 5.74) is -1.08. The molecule has 11 atom stereocenters. The average molecular weight is 865 g/mol. The maximum Gasteiger partial charge on any atom is 0.330 e. The van der Waals surface area contributed by atoms with Gasteiger partial charge in [0, 0.05) is 56.1 Å². The molecule has 0 aromatic rings. The Kier molecular flexibility index (Phi) is 17.7. The molecule has 61 heavy (non-hydrogen) atoms. The van der Waals surface area contributed by atoms with Crippen molar-refractivity contribution in [1.82, 2.24) is 0 Å². The van der Waals surface area contributed by atoms with Gasteiger partial charge in [-0.05, 0) is 44.6 Å². The van der Waals surface area contributed by atoms with Crippen LogP contribution >= 0.6 is 0 Å². The molecule has 0 aliphatic carbocycles. The molecule has 3 N–H and O–H groups in total. The van der Waals surface area contributed by atoms with E-state index in [9.17, 15) is 39.3 Å². The molecule has 3 fully saturated rings. The summed E-state index contributed by atoms with van der Waals surface area (Å²) in [5.74, 6) is -5.01. The number of esters is 5. The summed E-state index contributed by atoms with van der Waals surface area (Å²) in [4.78, 5) is 64.8. The third-order valence-electron chi connectivity index (χ3n) is 12.1. The highest BCUT2D eigenvalue weighted by Gasteiger charge is 2.58. The number of ether oxygens (including phenoxy) is 8. The first-order chi connectivity index (χ1) is 28.6. The van der Waals surface area contributed by atoms with E-state index < -0.39 is 114 Å². The molecule has 16 heteroatoms. The van der Waals surface area contributed by atoms with Crippen molar-refractivity contribution >= 4 is 29.8 Å². The molecule has 0 aromatic carbocycles. The molecule has 11 unspecified atom stereocenters. The third kappa shape index (κ3) is 13.4. The molecule has 6 bridgehead atoms. The van der Waals surface area contributed by atoms with Crippen LogP contribution in [0, 0.1) is 10.8 Å². The predicted octanol–water partition coefficient (Wildman–Crippen LogP) is 4.63. The number of aliphatic hydroxyl groups is 3. The molecular formula is C45H68O16. The number of aliphatic hydroxyl groups excluding tert-OH is 2. The number of fused-ring (bicyclic) bond motifs is 6. The molecule has 0 amide bonds. The molecule has 0 aromatic heterocycles. The first-order valence-corrected chi connectivity index (χ1v) is 21.5. The first-order valence-electron chi connectivity index (χ1n) is 21.5. The Morgan fingerprint density at radius 3 is 2.11 bits per heavy atom. The number of hydrogen-bond donors (Lipinski definition) is 3. The van der Waals surface area contributed by atoms with Crippen molar-refractivity contribution in [3.05, 3.63) is 35.5 Å². The summed E-state index contributed by atoms with van der Waals surface area (Å²) in [5, 5.41) is 34.7. The third-order valence-corrected chi connectivity index (χ3v) is 12.1. The largest absolute Gasteiger partial charge is 0.466 e. The molecule has 0 spiro atoms. The van der Waals surface area contributed by atoms with Crippen molar-refractivity contribution in [1.29, 1.82) is 0 Å². The molecule has 344 valence electrons. The molecule has 16 nitrogen and oxygen atoms in total. The monoisotopic (exact) mass is 864 g/mol. The van der Waals surface area contributed by atoms with E-state index in [1.54, 1.807) is 13.8 Å². The summed E-state index contributed by atoms with van der Waals surface area (Å²) in [6.45, 7) is 12.3. The molecule has 0 radical (unpaired) electrons.